The van der Waals surface area contributed by atoms with Gasteiger partial charge in [0.1, 0.15) is 11.5 Å². The van der Waals surface area contributed by atoms with E-state index in [1.807, 2.05) is 53.5 Å². The van der Waals surface area contributed by atoms with E-state index in [1.54, 1.807) is 7.05 Å². The Morgan fingerprint density at radius 2 is 1.97 bits per heavy atom. The number of ether oxygens (including phenoxy) is 2. The minimum atomic E-state index is -0.164. The number of aromatic nitrogens is 2. The summed E-state index contributed by atoms with van der Waals surface area (Å²) in [6, 6.07) is 15.9. The second-order valence-electron chi connectivity index (χ2n) is 8.32. The summed E-state index contributed by atoms with van der Waals surface area (Å²) < 4.78 is 15.1. The zero-order valence-corrected chi connectivity index (χ0v) is 21.4. The molecule has 0 spiro atoms. The number of anilines is 1. The highest BCUT2D eigenvalue weighted by atomic mass is 32.1. The Bertz CT molecular complexity index is 1530. The minimum Gasteiger partial charge on any atom is -0.494 e. The number of thiazole rings is 1. The summed E-state index contributed by atoms with van der Waals surface area (Å²) in [6.07, 6.45) is 1.86. The standard InChI is InChI=1S/C27H27N5O3S/c1-5-34-22-9-7-21(8-10-22)31-17(2)12-20(18(31)3)14-29-32-24(16-36-27(32)28-4)19-6-11-25-23(13-19)30-26(33)15-35-25/h6-14,16H,5,15H2,1-4H3,(H,30,33). The van der Waals surface area contributed by atoms with Crippen molar-refractivity contribution < 1.29 is 14.3 Å². The number of nitrogens with zero attached hydrogens (tertiary/aromatic N) is 4. The van der Waals surface area contributed by atoms with Crippen molar-refractivity contribution in [1.82, 2.24) is 9.24 Å². The molecule has 9 heteroatoms. The molecule has 3 heterocycles. The molecule has 0 unspecified atom stereocenters. The van der Waals surface area contributed by atoms with E-state index >= 15 is 0 Å². The van der Waals surface area contributed by atoms with E-state index in [0.29, 0.717) is 18.0 Å². The van der Waals surface area contributed by atoms with Crippen LogP contribution in [0.2, 0.25) is 0 Å². The number of nitrogens with one attached hydrogen (secondary N) is 1. The Balaban J connectivity index is 1.49. The molecule has 2 aromatic heterocycles. The first-order chi connectivity index (χ1) is 17.5. The summed E-state index contributed by atoms with van der Waals surface area (Å²) in [5, 5.41) is 9.69. The molecule has 1 N–H and O–H groups in total. The zero-order valence-electron chi connectivity index (χ0n) is 20.6. The molecule has 0 saturated carbocycles. The molecule has 5 rings (SSSR count). The lowest BCUT2D eigenvalue weighted by Gasteiger charge is -2.18. The second-order valence-corrected chi connectivity index (χ2v) is 9.16. The molecule has 0 saturated heterocycles. The summed E-state index contributed by atoms with van der Waals surface area (Å²) in [6.45, 7) is 6.82. The number of fused-ring (bicyclic) bond motifs is 1. The zero-order chi connectivity index (χ0) is 25.2. The van der Waals surface area contributed by atoms with E-state index in [-0.39, 0.29) is 12.5 Å². The molecule has 184 valence electrons. The normalized spacial score (nSPS) is 13.6. The highest BCUT2D eigenvalue weighted by Gasteiger charge is 2.18. The molecule has 0 radical (unpaired) electrons. The Labute approximate surface area is 213 Å². The van der Waals surface area contributed by atoms with E-state index in [0.717, 1.165) is 44.4 Å². The minimum absolute atomic E-state index is 0.0308. The fourth-order valence-corrected chi connectivity index (χ4v) is 5.10. The maximum absolute atomic E-state index is 11.8. The molecule has 1 amide bonds. The van der Waals surface area contributed by atoms with Crippen LogP contribution < -0.4 is 19.6 Å². The summed E-state index contributed by atoms with van der Waals surface area (Å²) in [5.41, 5.74) is 6.71. The lowest BCUT2D eigenvalue weighted by molar-refractivity contribution is -0.118. The summed E-state index contributed by atoms with van der Waals surface area (Å²) in [4.78, 5) is 16.9. The van der Waals surface area contributed by atoms with Gasteiger partial charge in [-0.2, -0.15) is 5.10 Å². The lowest BCUT2D eigenvalue weighted by atomic mass is 10.1. The number of amides is 1. The lowest BCUT2D eigenvalue weighted by Crippen LogP contribution is -2.25. The smallest absolute Gasteiger partial charge is 0.262 e. The molecule has 0 bridgehead atoms. The van der Waals surface area contributed by atoms with Gasteiger partial charge in [-0.15, -0.1) is 11.3 Å². The van der Waals surface area contributed by atoms with Crippen LogP contribution in [0.5, 0.6) is 11.5 Å². The Hall–Kier alpha value is -4.11. The summed E-state index contributed by atoms with van der Waals surface area (Å²) >= 11 is 1.51. The predicted molar refractivity (Wildman–Crippen MR) is 143 cm³/mol. The number of hydrogen-bond acceptors (Lipinski definition) is 6. The average molecular weight is 502 g/mol. The van der Waals surface area contributed by atoms with Crippen LogP contribution in [0, 0.1) is 13.8 Å². The van der Waals surface area contributed by atoms with Gasteiger partial charge in [0.15, 0.2) is 6.61 Å². The molecule has 1 aliphatic heterocycles. The van der Waals surface area contributed by atoms with Crippen LogP contribution in [0.3, 0.4) is 0 Å². The number of hydrogen-bond donors (Lipinski definition) is 1. The molecular formula is C27H27N5O3S. The molecule has 8 nitrogen and oxygen atoms in total. The van der Waals surface area contributed by atoms with Crippen LogP contribution in [0.4, 0.5) is 5.69 Å². The van der Waals surface area contributed by atoms with Crippen molar-refractivity contribution in [2.45, 2.75) is 20.8 Å². The fraction of sp³-hybridized carbons (Fsp3) is 0.222. The highest BCUT2D eigenvalue weighted by Crippen LogP contribution is 2.33. The first-order valence-electron chi connectivity index (χ1n) is 11.7. The van der Waals surface area contributed by atoms with Crippen molar-refractivity contribution >= 4 is 29.1 Å². The first kappa shape index (κ1) is 23.6. The SMILES string of the molecule is CCOc1ccc(-n2c(C)cc(C=Nn3c(-c4ccc5c(c4)NC(=O)CO5)csc3=NC)c2C)cc1. The molecule has 36 heavy (non-hydrogen) atoms. The Morgan fingerprint density at radius 1 is 1.17 bits per heavy atom. The van der Waals surface area contributed by atoms with Gasteiger partial charge in [0.05, 0.1) is 24.2 Å². The van der Waals surface area contributed by atoms with E-state index in [2.05, 4.69) is 46.9 Å². The number of carbonyl (C=O) groups is 1. The molecule has 0 aliphatic carbocycles. The molecule has 0 fully saturated rings. The molecule has 2 aromatic carbocycles. The average Bonchev–Trinajstić information content (AvgIpc) is 3.42. The largest absolute Gasteiger partial charge is 0.494 e. The number of rotatable bonds is 6. The maximum Gasteiger partial charge on any atom is 0.262 e. The van der Waals surface area contributed by atoms with Crippen LogP contribution in [0.15, 0.2) is 64.0 Å². The van der Waals surface area contributed by atoms with Gasteiger partial charge < -0.3 is 19.4 Å². The quantitative estimate of drug-likeness (QED) is 0.387. The molecule has 4 aromatic rings. The molecule has 0 atom stereocenters. The van der Waals surface area contributed by atoms with Gasteiger partial charge in [-0.05, 0) is 69.3 Å². The van der Waals surface area contributed by atoms with Crippen LogP contribution in [0.1, 0.15) is 23.9 Å². The topological polar surface area (TPSA) is 82.1 Å². The van der Waals surface area contributed by atoms with Crippen molar-refractivity contribution in [3.8, 4) is 28.4 Å². The van der Waals surface area contributed by atoms with Crippen LogP contribution >= 0.6 is 11.3 Å². The second kappa shape index (κ2) is 9.87. The van der Waals surface area contributed by atoms with Gasteiger partial charge in [0.25, 0.3) is 5.91 Å². The van der Waals surface area contributed by atoms with E-state index in [9.17, 15) is 4.79 Å². The van der Waals surface area contributed by atoms with Gasteiger partial charge in [-0.25, -0.2) is 4.68 Å². The van der Waals surface area contributed by atoms with Gasteiger partial charge in [-0.1, -0.05) is 0 Å². The van der Waals surface area contributed by atoms with Crippen molar-refractivity contribution in [3.63, 3.8) is 0 Å². The van der Waals surface area contributed by atoms with Gasteiger partial charge in [0.2, 0.25) is 4.80 Å². The van der Waals surface area contributed by atoms with Crippen molar-refractivity contribution in [2.24, 2.45) is 10.1 Å². The Kier molecular flexibility index (Phi) is 6.47. The van der Waals surface area contributed by atoms with Gasteiger partial charge in [-0.3, -0.25) is 9.79 Å². The monoisotopic (exact) mass is 501 g/mol. The summed E-state index contributed by atoms with van der Waals surface area (Å²) in [7, 11) is 1.75. The third-order valence-corrected chi connectivity index (χ3v) is 6.88. The van der Waals surface area contributed by atoms with E-state index in [1.165, 1.54) is 11.3 Å². The van der Waals surface area contributed by atoms with Gasteiger partial charge in [0, 0.05) is 40.6 Å². The molecular weight excluding hydrogens is 474 g/mol. The van der Waals surface area contributed by atoms with Crippen molar-refractivity contribution in [1.29, 1.82) is 0 Å². The van der Waals surface area contributed by atoms with Crippen LogP contribution in [-0.4, -0.2) is 41.6 Å². The summed E-state index contributed by atoms with van der Waals surface area (Å²) in [5.74, 6) is 1.35. The molecule has 1 aliphatic rings. The number of aryl methyl sites for hydroxylation is 1. The number of benzene rings is 2. The first-order valence-corrected chi connectivity index (χ1v) is 12.5. The van der Waals surface area contributed by atoms with Crippen molar-refractivity contribution in [2.75, 3.05) is 25.6 Å². The van der Waals surface area contributed by atoms with E-state index < -0.39 is 0 Å². The third-order valence-electron chi connectivity index (χ3n) is 5.97. The van der Waals surface area contributed by atoms with E-state index in [4.69, 9.17) is 14.6 Å². The Morgan fingerprint density at radius 3 is 2.72 bits per heavy atom. The maximum atomic E-state index is 11.8. The fourth-order valence-electron chi connectivity index (χ4n) is 4.30. The van der Waals surface area contributed by atoms with Crippen molar-refractivity contribution in [3.05, 3.63) is 75.7 Å². The van der Waals surface area contributed by atoms with Crippen LogP contribution in [0.25, 0.3) is 16.9 Å². The van der Waals surface area contributed by atoms with Gasteiger partial charge >= 0.3 is 0 Å². The predicted octanol–water partition coefficient (Wildman–Crippen LogP) is 4.77. The highest BCUT2D eigenvalue weighted by molar-refractivity contribution is 7.07. The number of carbonyl (C=O) groups excluding carboxylic acids is 1. The third kappa shape index (κ3) is 4.45. The van der Waals surface area contributed by atoms with Crippen LogP contribution in [-0.2, 0) is 4.79 Å².